The van der Waals surface area contributed by atoms with E-state index in [0.29, 0.717) is 21.8 Å². The van der Waals surface area contributed by atoms with Crippen LogP contribution >= 0.6 is 11.6 Å². The molecule has 1 atom stereocenters. The van der Waals surface area contributed by atoms with Gasteiger partial charge in [0.2, 0.25) is 0 Å². The van der Waals surface area contributed by atoms with E-state index in [9.17, 15) is 5.11 Å². The zero-order chi connectivity index (χ0) is 15.3. The van der Waals surface area contributed by atoms with Crippen LogP contribution in [0, 0.1) is 0 Å². The molecule has 0 aliphatic heterocycles. The van der Waals surface area contributed by atoms with Crippen molar-refractivity contribution < 1.29 is 9.84 Å². The number of rotatable bonds is 6. The zero-order valence-corrected chi connectivity index (χ0v) is 13.1. The van der Waals surface area contributed by atoms with Gasteiger partial charge >= 0.3 is 0 Å². The summed E-state index contributed by atoms with van der Waals surface area (Å²) in [6, 6.07) is 17.3. The molecule has 0 fully saturated rings. The van der Waals surface area contributed by atoms with Gasteiger partial charge in [-0.2, -0.15) is 0 Å². The third kappa shape index (κ3) is 4.74. The SMILES string of the molecule is C[N+](C)(CC(O)COc1ccc(Cl)cc1)c1ccccc1. The molecule has 0 amide bonds. The van der Waals surface area contributed by atoms with E-state index < -0.39 is 6.10 Å². The summed E-state index contributed by atoms with van der Waals surface area (Å²) in [6.07, 6.45) is -0.545. The van der Waals surface area contributed by atoms with E-state index in [0.717, 1.165) is 5.69 Å². The fourth-order valence-electron chi connectivity index (χ4n) is 2.24. The molecule has 0 aliphatic carbocycles. The number of hydrogen-bond acceptors (Lipinski definition) is 2. The normalized spacial score (nSPS) is 13.0. The second kappa shape index (κ2) is 6.94. The summed E-state index contributed by atoms with van der Waals surface area (Å²) in [5.41, 5.74) is 1.16. The van der Waals surface area contributed by atoms with Crippen molar-refractivity contribution in [3.63, 3.8) is 0 Å². The first-order chi connectivity index (χ1) is 9.97. The zero-order valence-electron chi connectivity index (χ0n) is 12.4. The van der Waals surface area contributed by atoms with Crippen LogP contribution in [0.4, 0.5) is 5.69 Å². The van der Waals surface area contributed by atoms with Crippen LogP contribution in [0.15, 0.2) is 54.6 Å². The van der Waals surface area contributed by atoms with Gasteiger partial charge in [-0.1, -0.05) is 29.8 Å². The van der Waals surface area contributed by atoms with Crippen molar-refractivity contribution in [2.75, 3.05) is 27.2 Å². The Morgan fingerprint density at radius 3 is 2.29 bits per heavy atom. The number of ether oxygens (including phenoxy) is 1. The highest BCUT2D eigenvalue weighted by Gasteiger charge is 2.23. The van der Waals surface area contributed by atoms with Crippen LogP contribution in [0.5, 0.6) is 5.75 Å². The minimum atomic E-state index is -0.545. The smallest absolute Gasteiger partial charge is 0.137 e. The Morgan fingerprint density at radius 2 is 1.67 bits per heavy atom. The maximum atomic E-state index is 10.2. The molecule has 21 heavy (non-hydrogen) atoms. The Balaban J connectivity index is 1.89. The summed E-state index contributed by atoms with van der Waals surface area (Å²) in [5.74, 6) is 0.712. The molecule has 1 N–H and O–H groups in total. The lowest BCUT2D eigenvalue weighted by Crippen LogP contribution is -2.47. The van der Waals surface area contributed by atoms with Crippen LogP contribution in [0.3, 0.4) is 0 Å². The topological polar surface area (TPSA) is 29.5 Å². The van der Waals surface area contributed by atoms with Gasteiger partial charge in [-0.15, -0.1) is 0 Å². The second-order valence-corrected chi connectivity index (χ2v) is 6.06. The molecular weight excluding hydrogens is 286 g/mol. The predicted octanol–water partition coefficient (Wildman–Crippen LogP) is 3.35. The maximum absolute atomic E-state index is 10.2. The van der Waals surface area contributed by atoms with Crippen molar-refractivity contribution in [3.05, 3.63) is 59.6 Å². The van der Waals surface area contributed by atoms with Crippen molar-refractivity contribution >= 4 is 17.3 Å². The Kier molecular flexibility index (Phi) is 5.23. The van der Waals surface area contributed by atoms with Crippen LogP contribution in [-0.2, 0) is 0 Å². The number of nitrogens with zero attached hydrogens (tertiary/aromatic N) is 1. The fraction of sp³-hybridized carbons (Fsp3) is 0.294. The van der Waals surface area contributed by atoms with Crippen LogP contribution in [0.1, 0.15) is 0 Å². The summed E-state index contributed by atoms with van der Waals surface area (Å²) in [4.78, 5) is 0. The number of likely N-dealkylation sites (N-methyl/N-ethyl adjacent to an activating group) is 1. The number of quaternary nitrogens is 1. The first-order valence-corrected chi connectivity index (χ1v) is 7.30. The van der Waals surface area contributed by atoms with Gasteiger partial charge < -0.3 is 9.84 Å². The first kappa shape index (κ1) is 15.8. The summed E-state index contributed by atoms with van der Waals surface area (Å²) in [6.45, 7) is 0.841. The highest BCUT2D eigenvalue weighted by atomic mass is 35.5. The summed E-state index contributed by atoms with van der Waals surface area (Å²) in [5, 5.41) is 10.9. The second-order valence-electron chi connectivity index (χ2n) is 5.62. The third-order valence-electron chi connectivity index (χ3n) is 3.38. The number of para-hydroxylation sites is 1. The summed E-state index contributed by atoms with van der Waals surface area (Å²) < 4.78 is 6.19. The van der Waals surface area contributed by atoms with Crippen LogP contribution in [-0.4, -0.2) is 38.5 Å². The molecule has 2 aromatic rings. The third-order valence-corrected chi connectivity index (χ3v) is 3.63. The van der Waals surface area contributed by atoms with E-state index in [1.165, 1.54) is 0 Å². The average molecular weight is 307 g/mol. The Morgan fingerprint density at radius 1 is 1.05 bits per heavy atom. The van der Waals surface area contributed by atoms with Crippen molar-refractivity contribution in [1.82, 2.24) is 4.48 Å². The van der Waals surface area contributed by atoms with Gasteiger partial charge in [-0.3, -0.25) is 4.48 Å². The number of halogens is 1. The fourth-order valence-corrected chi connectivity index (χ4v) is 2.37. The Hall–Kier alpha value is -1.55. The molecule has 0 saturated carbocycles. The lowest BCUT2D eigenvalue weighted by atomic mass is 10.2. The van der Waals surface area contributed by atoms with Gasteiger partial charge in [0.25, 0.3) is 0 Å². The monoisotopic (exact) mass is 306 g/mol. The molecule has 0 bridgehead atoms. The Bertz CT molecular complexity index is 555. The highest BCUT2D eigenvalue weighted by Crippen LogP contribution is 2.19. The molecule has 0 heterocycles. The molecule has 3 nitrogen and oxygen atoms in total. The minimum absolute atomic E-state index is 0.260. The number of hydrogen-bond donors (Lipinski definition) is 1. The molecule has 0 radical (unpaired) electrons. The number of benzene rings is 2. The van der Waals surface area contributed by atoms with Crippen LogP contribution in [0.2, 0.25) is 5.02 Å². The highest BCUT2D eigenvalue weighted by molar-refractivity contribution is 6.30. The van der Waals surface area contributed by atoms with Crippen LogP contribution in [0.25, 0.3) is 0 Å². The van der Waals surface area contributed by atoms with Crippen molar-refractivity contribution in [3.8, 4) is 5.75 Å². The molecule has 0 aromatic heterocycles. The summed E-state index contributed by atoms with van der Waals surface area (Å²) >= 11 is 5.82. The quantitative estimate of drug-likeness (QED) is 0.829. The van der Waals surface area contributed by atoms with Crippen LogP contribution < -0.4 is 9.22 Å². The van der Waals surface area contributed by atoms with E-state index >= 15 is 0 Å². The molecule has 0 aliphatic rings. The van der Waals surface area contributed by atoms with Gasteiger partial charge in [0.1, 0.15) is 30.7 Å². The largest absolute Gasteiger partial charge is 0.491 e. The predicted molar refractivity (Wildman–Crippen MR) is 87.9 cm³/mol. The van der Waals surface area contributed by atoms with E-state index in [1.807, 2.05) is 18.2 Å². The van der Waals surface area contributed by atoms with E-state index in [1.54, 1.807) is 24.3 Å². The van der Waals surface area contributed by atoms with E-state index in [-0.39, 0.29) is 6.61 Å². The van der Waals surface area contributed by atoms with Gasteiger partial charge in [0.15, 0.2) is 0 Å². The minimum Gasteiger partial charge on any atom is -0.491 e. The lowest BCUT2D eigenvalue weighted by Gasteiger charge is -2.31. The summed E-state index contributed by atoms with van der Waals surface area (Å²) in [7, 11) is 4.14. The van der Waals surface area contributed by atoms with Crippen molar-refractivity contribution in [2.45, 2.75) is 6.10 Å². The van der Waals surface area contributed by atoms with Gasteiger partial charge in [0, 0.05) is 5.02 Å². The average Bonchev–Trinajstić information content (AvgIpc) is 2.47. The molecule has 0 saturated heterocycles. The van der Waals surface area contributed by atoms with Crippen molar-refractivity contribution in [2.24, 2.45) is 0 Å². The number of aliphatic hydroxyl groups is 1. The van der Waals surface area contributed by atoms with Gasteiger partial charge in [0.05, 0.1) is 14.1 Å². The Labute approximate surface area is 130 Å². The molecule has 1 unspecified atom stereocenters. The standard InChI is InChI=1S/C17H21ClNO2/c1-19(2,15-6-4-3-5-7-15)12-16(20)13-21-17-10-8-14(18)9-11-17/h3-11,16,20H,12-13H2,1-2H3/q+1. The molecular formula is C17H21ClNO2+. The van der Waals surface area contributed by atoms with Gasteiger partial charge in [-0.25, -0.2) is 0 Å². The van der Waals surface area contributed by atoms with Gasteiger partial charge in [-0.05, 0) is 36.4 Å². The maximum Gasteiger partial charge on any atom is 0.137 e. The molecule has 2 rings (SSSR count). The number of aliphatic hydroxyl groups excluding tert-OH is 1. The first-order valence-electron chi connectivity index (χ1n) is 6.92. The molecule has 0 spiro atoms. The molecule has 2 aromatic carbocycles. The van der Waals surface area contributed by atoms with E-state index in [4.69, 9.17) is 16.3 Å². The lowest BCUT2D eigenvalue weighted by molar-refractivity contribution is 0.0841. The van der Waals surface area contributed by atoms with Crippen molar-refractivity contribution in [1.29, 1.82) is 0 Å². The molecule has 4 heteroatoms. The van der Waals surface area contributed by atoms with E-state index in [2.05, 4.69) is 26.2 Å². The molecule has 112 valence electrons.